The minimum absolute atomic E-state index is 0.376. The van der Waals surface area contributed by atoms with E-state index in [1.54, 1.807) is 30.3 Å². The maximum atomic E-state index is 12.6. The van der Waals surface area contributed by atoms with E-state index in [4.69, 9.17) is 11.6 Å². The minimum atomic E-state index is -3.66. The van der Waals surface area contributed by atoms with Gasteiger partial charge in [0.25, 0.3) is 0 Å². The van der Waals surface area contributed by atoms with E-state index in [0.29, 0.717) is 16.4 Å². The lowest BCUT2D eigenvalue weighted by Crippen LogP contribution is -2.45. The molecular weight excluding hydrogens is 428 g/mol. The van der Waals surface area contributed by atoms with Gasteiger partial charge in [0, 0.05) is 15.2 Å². The van der Waals surface area contributed by atoms with Crippen LogP contribution in [0, 0.1) is 6.92 Å². The molecule has 134 valence electrons. The van der Waals surface area contributed by atoms with E-state index in [1.807, 2.05) is 19.1 Å². The molecule has 2 aromatic carbocycles. The standard InChI is InChI=1S/C17H18BrClN2O3S/c1-11-10-14(6-9-16(11)18)20-17(22)12(2)21(25(3,23)24)15-7-4-13(19)5-8-15/h4-10,12H,1-3H3,(H,20,22). The number of aryl methyl sites for hydroxylation is 1. The van der Waals surface area contributed by atoms with Gasteiger partial charge in [0.2, 0.25) is 15.9 Å². The van der Waals surface area contributed by atoms with Crippen LogP contribution in [0.2, 0.25) is 5.02 Å². The van der Waals surface area contributed by atoms with Gasteiger partial charge in [-0.15, -0.1) is 0 Å². The topological polar surface area (TPSA) is 66.5 Å². The number of rotatable bonds is 5. The van der Waals surface area contributed by atoms with Crippen molar-refractivity contribution >= 4 is 54.8 Å². The Morgan fingerprint density at radius 3 is 2.32 bits per heavy atom. The zero-order chi connectivity index (χ0) is 18.8. The minimum Gasteiger partial charge on any atom is -0.324 e. The lowest BCUT2D eigenvalue weighted by molar-refractivity contribution is -0.116. The number of nitrogens with one attached hydrogen (secondary N) is 1. The van der Waals surface area contributed by atoms with Crippen molar-refractivity contribution in [3.8, 4) is 0 Å². The Labute approximate surface area is 161 Å². The van der Waals surface area contributed by atoms with Crippen molar-refractivity contribution in [1.29, 1.82) is 0 Å². The van der Waals surface area contributed by atoms with Gasteiger partial charge < -0.3 is 5.32 Å². The Hall–Kier alpha value is -1.57. The maximum absolute atomic E-state index is 12.6. The van der Waals surface area contributed by atoms with Gasteiger partial charge in [0.1, 0.15) is 6.04 Å². The van der Waals surface area contributed by atoms with Crippen molar-refractivity contribution in [3.63, 3.8) is 0 Å². The molecule has 0 radical (unpaired) electrons. The SMILES string of the molecule is Cc1cc(NC(=O)C(C)N(c2ccc(Cl)cc2)S(C)(=O)=O)ccc1Br. The highest BCUT2D eigenvalue weighted by Gasteiger charge is 2.29. The van der Waals surface area contributed by atoms with Crippen molar-refractivity contribution in [3.05, 3.63) is 57.5 Å². The van der Waals surface area contributed by atoms with Gasteiger partial charge in [-0.1, -0.05) is 27.5 Å². The second kappa shape index (κ2) is 7.76. The Balaban J connectivity index is 2.29. The molecule has 0 spiro atoms. The molecule has 0 aliphatic carbocycles. The molecule has 0 aromatic heterocycles. The number of anilines is 2. The molecule has 8 heteroatoms. The molecule has 0 saturated carbocycles. The first-order valence-corrected chi connectivity index (χ1v) is 10.4. The third-order valence-electron chi connectivity index (χ3n) is 3.60. The molecule has 1 atom stereocenters. The lowest BCUT2D eigenvalue weighted by atomic mass is 10.2. The molecule has 0 bridgehead atoms. The molecule has 1 amide bonds. The highest BCUT2D eigenvalue weighted by atomic mass is 79.9. The molecule has 25 heavy (non-hydrogen) atoms. The molecule has 5 nitrogen and oxygen atoms in total. The van der Waals surface area contributed by atoms with Crippen LogP contribution in [0.4, 0.5) is 11.4 Å². The summed E-state index contributed by atoms with van der Waals surface area (Å²) in [7, 11) is -3.66. The molecule has 2 aromatic rings. The number of benzene rings is 2. The van der Waals surface area contributed by atoms with Crippen molar-refractivity contribution in [2.24, 2.45) is 0 Å². The monoisotopic (exact) mass is 444 g/mol. The van der Waals surface area contributed by atoms with E-state index < -0.39 is 22.0 Å². The molecule has 0 fully saturated rings. The zero-order valence-corrected chi connectivity index (χ0v) is 17.1. The quantitative estimate of drug-likeness (QED) is 0.750. The van der Waals surface area contributed by atoms with E-state index in [-0.39, 0.29) is 0 Å². The third kappa shape index (κ3) is 4.96. The number of nitrogens with zero attached hydrogens (tertiary/aromatic N) is 1. The molecule has 1 unspecified atom stereocenters. The van der Waals surface area contributed by atoms with E-state index in [0.717, 1.165) is 20.6 Å². The number of sulfonamides is 1. The van der Waals surface area contributed by atoms with Gasteiger partial charge in [0.15, 0.2) is 0 Å². The molecule has 2 rings (SSSR count). The third-order valence-corrected chi connectivity index (χ3v) is 5.98. The first-order valence-electron chi connectivity index (χ1n) is 7.41. The largest absolute Gasteiger partial charge is 0.324 e. The first kappa shape index (κ1) is 19.8. The summed E-state index contributed by atoms with van der Waals surface area (Å²) < 4.78 is 26.4. The fourth-order valence-corrected chi connectivity index (χ4v) is 3.91. The lowest BCUT2D eigenvalue weighted by Gasteiger charge is -2.28. The van der Waals surface area contributed by atoms with Crippen LogP contribution in [0.15, 0.2) is 46.9 Å². The van der Waals surface area contributed by atoms with E-state index in [9.17, 15) is 13.2 Å². The Morgan fingerprint density at radius 2 is 1.80 bits per heavy atom. The van der Waals surface area contributed by atoms with Crippen LogP contribution >= 0.6 is 27.5 Å². The number of hydrogen-bond acceptors (Lipinski definition) is 3. The molecule has 0 saturated heterocycles. The van der Waals surface area contributed by atoms with Gasteiger partial charge in [-0.25, -0.2) is 8.42 Å². The summed E-state index contributed by atoms with van der Waals surface area (Å²) in [6.07, 6.45) is 1.06. The number of carbonyl (C=O) groups is 1. The van der Waals surface area contributed by atoms with Crippen molar-refractivity contribution in [2.75, 3.05) is 15.9 Å². The highest BCUT2D eigenvalue weighted by molar-refractivity contribution is 9.10. The summed E-state index contributed by atoms with van der Waals surface area (Å²) in [6.45, 7) is 3.44. The number of amides is 1. The van der Waals surface area contributed by atoms with Gasteiger partial charge in [-0.2, -0.15) is 0 Å². The summed E-state index contributed by atoms with van der Waals surface area (Å²) in [5.41, 5.74) is 1.94. The van der Waals surface area contributed by atoms with E-state index in [2.05, 4.69) is 21.2 Å². The van der Waals surface area contributed by atoms with Crippen molar-refractivity contribution < 1.29 is 13.2 Å². The van der Waals surface area contributed by atoms with Crippen molar-refractivity contribution in [1.82, 2.24) is 0 Å². The highest BCUT2D eigenvalue weighted by Crippen LogP contribution is 2.24. The summed E-state index contributed by atoms with van der Waals surface area (Å²) in [4.78, 5) is 12.6. The normalized spacial score (nSPS) is 12.5. The van der Waals surface area contributed by atoms with Crippen LogP contribution in [0.3, 0.4) is 0 Å². The fourth-order valence-electron chi connectivity index (χ4n) is 2.37. The molecule has 0 heterocycles. The average molecular weight is 446 g/mol. The average Bonchev–Trinajstić information content (AvgIpc) is 2.51. The fraction of sp³-hybridized carbons (Fsp3) is 0.235. The van der Waals surface area contributed by atoms with E-state index >= 15 is 0 Å². The van der Waals surface area contributed by atoms with Crippen LogP contribution in [0.1, 0.15) is 12.5 Å². The van der Waals surface area contributed by atoms with Crippen LogP contribution in [0.25, 0.3) is 0 Å². The Bertz CT molecular complexity index is 885. The van der Waals surface area contributed by atoms with Crippen LogP contribution < -0.4 is 9.62 Å². The molecule has 1 N–H and O–H groups in total. The summed E-state index contributed by atoms with van der Waals surface area (Å²) >= 11 is 9.26. The predicted octanol–water partition coefficient (Wildman–Crippen LogP) is 4.20. The van der Waals surface area contributed by atoms with Gasteiger partial charge >= 0.3 is 0 Å². The Morgan fingerprint density at radius 1 is 1.20 bits per heavy atom. The molecule has 0 aliphatic rings. The first-order chi connectivity index (χ1) is 11.6. The predicted molar refractivity (Wildman–Crippen MR) is 106 cm³/mol. The summed E-state index contributed by atoms with van der Waals surface area (Å²) in [5.74, 6) is -0.429. The summed E-state index contributed by atoms with van der Waals surface area (Å²) in [6, 6.07) is 10.7. The van der Waals surface area contributed by atoms with Gasteiger partial charge in [-0.3, -0.25) is 9.10 Å². The molecular formula is C17H18BrClN2O3S. The number of hydrogen-bond donors (Lipinski definition) is 1. The second-order valence-electron chi connectivity index (χ2n) is 5.66. The van der Waals surface area contributed by atoms with Crippen LogP contribution in [0.5, 0.6) is 0 Å². The summed E-state index contributed by atoms with van der Waals surface area (Å²) in [5, 5.41) is 3.24. The Kier molecular flexibility index (Phi) is 6.13. The smallest absolute Gasteiger partial charge is 0.247 e. The van der Waals surface area contributed by atoms with Gasteiger partial charge in [-0.05, 0) is 61.9 Å². The molecule has 0 aliphatic heterocycles. The number of carbonyl (C=O) groups excluding carboxylic acids is 1. The van der Waals surface area contributed by atoms with Crippen LogP contribution in [-0.4, -0.2) is 26.6 Å². The second-order valence-corrected chi connectivity index (χ2v) is 8.81. The van der Waals surface area contributed by atoms with E-state index in [1.165, 1.54) is 6.92 Å². The zero-order valence-electron chi connectivity index (χ0n) is 14.0. The van der Waals surface area contributed by atoms with Crippen LogP contribution in [-0.2, 0) is 14.8 Å². The number of halogens is 2. The maximum Gasteiger partial charge on any atom is 0.247 e. The van der Waals surface area contributed by atoms with Gasteiger partial charge in [0.05, 0.1) is 11.9 Å². The van der Waals surface area contributed by atoms with Crippen molar-refractivity contribution in [2.45, 2.75) is 19.9 Å².